The number of benzene rings is 2. The maximum absolute atomic E-state index is 13.0. The molecule has 7 heteroatoms. The zero-order valence-electron chi connectivity index (χ0n) is 19.2. The van der Waals surface area contributed by atoms with Crippen LogP contribution in [0.25, 0.3) is 17.4 Å². The predicted octanol–water partition coefficient (Wildman–Crippen LogP) is 5.43. The summed E-state index contributed by atoms with van der Waals surface area (Å²) in [6.07, 6.45) is 1.71. The smallest absolute Gasteiger partial charge is 0.335 e. The lowest BCUT2D eigenvalue weighted by Gasteiger charge is -2.14. The zero-order chi connectivity index (χ0) is 23.9. The highest BCUT2D eigenvalue weighted by atomic mass is 31.1. The van der Waals surface area contributed by atoms with Gasteiger partial charge in [-0.3, -0.25) is 4.79 Å². The van der Waals surface area contributed by atoms with Gasteiger partial charge in [-0.25, -0.2) is 4.79 Å². The van der Waals surface area contributed by atoms with Crippen LogP contribution in [-0.2, 0) is 4.79 Å². The van der Waals surface area contributed by atoms with E-state index in [0.29, 0.717) is 22.7 Å². The Balaban J connectivity index is 1.64. The summed E-state index contributed by atoms with van der Waals surface area (Å²) >= 11 is 0. The van der Waals surface area contributed by atoms with E-state index in [1.807, 2.05) is 12.1 Å². The summed E-state index contributed by atoms with van der Waals surface area (Å²) < 4.78 is 6.14. The Morgan fingerprint density at radius 2 is 1.70 bits per heavy atom. The van der Waals surface area contributed by atoms with Crippen LogP contribution in [0.1, 0.15) is 34.2 Å². The maximum Gasteiger partial charge on any atom is 0.335 e. The second-order valence-corrected chi connectivity index (χ2v) is 10.5. The number of aryl methyl sites for hydroxylation is 2. The molecular weight excluding hydrogens is 435 g/mol. The predicted molar refractivity (Wildman–Crippen MR) is 134 cm³/mol. The highest BCUT2D eigenvalue weighted by Crippen LogP contribution is 2.34. The minimum absolute atomic E-state index is 0.151. The van der Waals surface area contributed by atoms with E-state index in [0.717, 1.165) is 11.3 Å². The first-order valence-corrected chi connectivity index (χ1v) is 12.7. The van der Waals surface area contributed by atoms with Crippen LogP contribution in [0.3, 0.4) is 0 Å². The molecule has 1 amide bonds. The van der Waals surface area contributed by atoms with Gasteiger partial charge in [0, 0.05) is 5.56 Å². The van der Waals surface area contributed by atoms with Gasteiger partial charge >= 0.3 is 5.97 Å². The SMILES string of the molecule is CC1=NN(c2ccc(C(=O)O)cc2)C(=O)C1=Cc1ccc(-c2cc(C)c(C)cc2P(C)C)o1. The van der Waals surface area contributed by atoms with Gasteiger partial charge in [0.15, 0.2) is 0 Å². The molecule has 6 nitrogen and oxygen atoms in total. The first-order valence-electron chi connectivity index (χ1n) is 10.5. The molecule has 3 aromatic rings. The molecule has 1 aromatic heterocycles. The number of aromatic carboxylic acids is 1. The number of carbonyl (C=O) groups excluding carboxylic acids is 1. The van der Waals surface area contributed by atoms with Gasteiger partial charge in [0.05, 0.1) is 22.5 Å². The van der Waals surface area contributed by atoms with Crippen LogP contribution < -0.4 is 10.3 Å². The van der Waals surface area contributed by atoms with Gasteiger partial charge < -0.3 is 9.52 Å². The Bertz CT molecular complexity index is 1320. The quantitative estimate of drug-likeness (QED) is 0.406. The molecule has 0 saturated carbocycles. The number of hydrogen-bond acceptors (Lipinski definition) is 4. The number of amides is 1. The molecule has 168 valence electrons. The molecule has 1 aliphatic heterocycles. The van der Waals surface area contributed by atoms with Crippen LogP contribution >= 0.6 is 7.92 Å². The third-order valence-corrected chi connectivity index (χ3v) is 7.03. The van der Waals surface area contributed by atoms with Crippen LogP contribution in [0, 0.1) is 13.8 Å². The Hall–Kier alpha value is -3.50. The molecule has 0 bridgehead atoms. The highest BCUT2D eigenvalue weighted by molar-refractivity contribution is 7.64. The average molecular weight is 460 g/mol. The molecule has 0 aliphatic carbocycles. The largest absolute Gasteiger partial charge is 0.478 e. The summed E-state index contributed by atoms with van der Waals surface area (Å²) in [5.41, 5.74) is 5.22. The zero-order valence-corrected chi connectivity index (χ0v) is 20.1. The van der Waals surface area contributed by atoms with Crippen LogP contribution in [0.5, 0.6) is 0 Å². The van der Waals surface area contributed by atoms with Gasteiger partial charge in [-0.2, -0.15) is 10.1 Å². The van der Waals surface area contributed by atoms with Gasteiger partial charge in [0.1, 0.15) is 11.5 Å². The lowest BCUT2D eigenvalue weighted by molar-refractivity contribution is -0.114. The van der Waals surface area contributed by atoms with Crippen molar-refractivity contribution >= 4 is 42.6 Å². The molecule has 1 N–H and O–H groups in total. The van der Waals surface area contributed by atoms with Crippen molar-refractivity contribution in [1.29, 1.82) is 0 Å². The number of hydrogen-bond donors (Lipinski definition) is 1. The summed E-state index contributed by atoms with van der Waals surface area (Å²) in [6, 6.07) is 14.2. The minimum Gasteiger partial charge on any atom is -0.478 e. The van der Waals surface area contributed by atoms with Crippen molar-refractivity contribution in [3.63, 3.8) is 0 Å². The van der Waals surface area contributed by atoms with Crippen LogP contribution in [0.4, 0.5) is 5.69 Å². The van der Waals surface area contributed by atoms with E-state index in [1.165, 1.54) is 33.6 Å². The number of carbonyl (C=O) groups is 2. The van der Waals surface area contributed by atoms with E-state index in [-0.39, 0.29) is 19.4 Å². The van der Waals surface area contributed by atoms with Crippen LogP contribution in [0.15, 0.2) is 63.6 Å². The Morgan fingerprint density at radius 1 is 1.03 bits per heavy atom. The third-order valence-electron chi connectivity index (χ3n) is 5.69. The van der Waals surface area contributed by atoms with Crippen molar-refractivity contribution < 1.29 is 19.1 Å². The fraction of sp³-hybridized carbons (Fsp3) is 0.192. The van der Waals surface area contributed by atoms with E-state index in [4.69, 9.17) is 9.52 Å². The maximum atomic E-state index is 13.0. The molecular formula is C26H25N2O4P. The average Bonchev–Trinajstić information content (AvgIpc) is 3.35. The summed E-state index contributed by atoms with van der Waals surface area (Å²) in [6.45, 7) is 10.4. The number of nitrogens with zero attached hydrogens (tertiary/aromatic N) is 2. The topological polar surface area (TPSA) is 83.1 Å². The molecule has 0 fully saturated rings. The van der Waals surface area contributed by atoms with E-state index < -0.39 is 5.97 Å². The number of rotatable bonds is 5. The second-order valence-electron chi connectivity index (χ2n) is 8.26. The fourth-order valence-electron chi connectivity index (χ4n) is 3.69. The number of anilines is 1. The van der Waals surface area contributed by atoms with E-state index in [9.17, 15) is 9.59 Å². The lowest BCUT2D eigenvalue weighted by atomic mass is 10.0. The summed E-state index contributed by atoms with van der Waals surface area (Å²) in [5, 5.41) is 16.0. The van der Waals surface area contributed by atoms with Crippen molar-refractivity contribution in [3.05, 3.63) is 76.6 Å². The third kappa shape index (κ3) is 4.39. The molecule has 0 unspecified atom stereocenters. The van der Waals surface area contributed by atoms with Crippen molar-refractivity contribution in [1.82, 2.24) is 0 Å². The van der Waals surface area contributed by atoms with E-state index >= 15 is 0 Å². The Morgan fingerprint density at radius 3 is 2.33 bits per heavy atom. The molecule has 1 aliphatic rings. The molecule has 0 saturated heterocycles. The van der Waals surface area contributed by atoms with Crippen molar-refractivity contribution in [3.8, 4) is 11.3 Å². The highest BCUT2D eigenvalue weighted by Gasteiger charge is 2.29. The molecule has 33 heavy (non-hydrogen) atoms. The minimum atomic E-state index is -1.02. The van der Waals surface area contributed by atoms with Gasteiger partial charge in [0.2, 0.25) is 0 Å². The normalized spacial score (nSPS) is 15.0. The number of hydrazone groups is 1. The first kappa shape index (κ1) is 22.7. The van der Waals surface area contributed by atoms with Crippen molar-refractivity contribution in [2.45, 2.75) is 20.8 Å². The van der Waals surface area contributed by atoms with Gasteiger partial charge in [-0.15, -0.1) is 0 Å². The molecule has 0 spiro atoms. The Labute approximate surface area is 194 Å². The molecule has 0 atom stereocenters. The lowest BCUT2D eigenvalue weighted by Crippen LogP contribution is -2.21. The summed E-state index contributed by atoms with van der Waals surface area (Å²) in [5.74, 6) is 0.0452. The number of carboxylic acid groups (broad SMARTS) is 1. The van der Waals surface area contributed by atoms with Gasteiger partial charge in [-0.1, -0.05) is 14.0 Å². The molecule has 2 heterocycles. The fourth-order valence-corrected chi connectivity index (χ4v) is 4.80. The van der Waals surface area contributed by atoms with Crippen LogP contribution in [0.2, 0.25) is 0 Å². The molecule has 2 aromatic carbocycles. The monoisotopic (exact) mass is 460 g/mol. The van der Waals surface area contributed by atoms with Gasteiger partial charge in [0.25, 0.3) is 5.91 Å². The van der Waals surface area contributed by atoms with E-state index in [2.05, 4.69) is 44.4 Å². The summed E-state index contributed by atoms with van der Waals surface area (Å²) in [7, 11) is -0.317. The standard InChI is InChI=1S/C26H25N2O4P/c1-15-12-22(24(33(4)5)13-16(15)2)23-11-10-20(32-23)14-21-17(3)27-28(25(21)29)19-8-6-18(7-9-19)26(30)31/h6-14H,1-5H3,(H,30,31). The molecule has 0 radical (unpaired) electrons. The number of carboxylic acids is 1. The van der Waals surface area contributed by atoms with Crippen molar-refractivity contribution in [2.24, 2.45) is 5.10 Å². The number of furan rings is 1. The first-order chi connectivity index (χ1) is 15.7. The second kappa shape index (κ2) is 8.80. The van der Waals surface area contributed by atoms with Crippen LogP contribution in [-0.4, -0.2) is 36.0 Å². The van der Waals surface area contributed by atoms with E-state index in [1.54, 1.807) is 25.1 Å². The van der Waals surface area contributed by atoms with Gasteiger partial charge in [-0.05, 0) is 99.1 Å². The Kier molecular flexibility index (Phi) is 6.05. The van der Waals surface area contributed by atoms with Crippen molar-refractivity contribution in [2.75, 3.05) is 18.3 Å². The summed E-state index contributed by atoms with van der Waals surface area (Å²) in [4.78, 5) is 24.1. The molecule has 4 rings (SSSR count).